The molecule has 1 unspecified atom stereocenters. The monoisotopic (exact) mass is 459 g/mol. The van der Waals surface area contributed by atoms with Gasteiger partial charge in [-0.2, -0.15) is 0 Å². The van der Waals surface area contributed by atoms with E-state index in [1.54, 1.807) is 14.2 Å². The van der Waals surface area contributed by atoms with Crippen LogP contribution in [0, 0.1) is 6.92 Å². The lowest BCUT2D eigenvalue weighted by Gasteiger charge is -2.28. The molecule has 0 radical (unpaired) electrons. The largest absolute Gasteiger partial charge is 0.497 e. The van der Waals surface area contributed by atoms with Crippen LogP contribution in [0.5, 0.6) is 5.75 Å². The summed E-state index contributed by atoms with van der Waals surface area (Å²) in [5, 5.41) is 1.09. The molecule has 3 aromatic rings. The van der Waals surface area contributed by atoms with Gasteiger partial charge in [-0.3, -0.25) is 0 Å². The van der Waals surface area contributed by atoms with Crippen molar-refractivity contribution in [3.05, 3.63) is 70.9 Å². The van der Waals surface area contributed by atoms with Gasteiger partial charge in [0, 0.05) is 23.6 Å². The maximum Gasteiger partial charge on any atom is 0.228 e. The predicted molar refractivity (Wildman–Crippen MR) is 111 cm³/mol. The van der Waals surface area contributed by atoms with Crippen LogP contribution in [0.15, 0.2) is 48.5 Å². The molecule has 5 heteroatoms. The second-order valence-corrected chi connectivity index (χ2v) is 7.26. The minimum absolute atomic E-state index is 0.488. The van der Waals surface area contributed by atoms with Gasteiger partial charge in [0.1, 0.15) is 11.5 Å². The van der Waals surface area contributed by atoms with Gasteiger partial charge in [0.05, 0.1) is 21.9 Å². The number of aromatic nitrogens is 1. The summed E-state index contributed by atoms with van der Waals surface area (Å²) in [6.45, 7) is 2.08. The smallest absolute Gasteiger partial charge is 0.228 e. The van der Waals surface area contributed by atoms with Gasteiger partial charge in [-0.05, 0) is 72.0 Å². The Morgan fingerprint density at radius 2 is 1.81 bits per heavy atom. The lowest BCUT2D eigenvalue weighted by Crippen LogP contribution is -2.15. The second kappa shape index (κ2) is 6.89. The summed E-state index contributed by atoms with van der Waals surface area (Å²) >= 11 is 2.30. The van der Waals surface area contributed by atoms with E-state index >= 15 is 0 Å². The second-order valence-electron chi connectivity index (χ2n) is 6.18. The molecular formula is C21H18INO3. The van der Waals surface area contributed by atoms with Gasteiger partial charge in [0.25, 0.3) is 0 Å². The van der Waals surface area contributed by atoms with Crippen molar-refractivity contribution >= 4 is 42.8 Å². The number of halogens is 1. The molecule has 2 heterocycles. The Morgan fingerprint density at radius 3 is 2.50 bits per heavy atom. The van der Waals surface area contributed by atoms with E-state index in [2.05, 4.69) is 53.8 Å². The standard InChI is InChI=1S/C21H18INO3/c1-12-4-9-17-14(10-12)11-16-19(23-17)18(22)20(26-21(16)25-3)13-5-7-15(24-2)8-6-13/h4-11,21H,1-3H3. The molecule has 1 atom stereocenters. The molecule has 0 saturated heterocycles. The van der Waals surface area contributed by atoms with Crippen molar-refractivity contribution in [2.45, 2.75) is 13.2 Å². The number of benzene rings is 2. The van der Waals surface area contributed by atoms with E-state index in [0.29, 0.717) is 0 Å². The van der Waals surface area contributed by atoms with Crippen molar-refractivity contribution in [2.24, 2.45) is 0 Å². The first-order chi connectivity index (χ1) is 12.6. The van der Waals surface area contributed by atoms with Crippen LogP contribution < -0.4 is 4.74 Å². The Labute approximate surface area is 165 Å². The first-order valence-electron chi connectivity index (χ1n) is 8.26. The van der Waals surface area contributed by atoms with Gasteiger partial charge in [-0.15, -0.1) is 0 Å². The van der Waals surface area contributed by atoms with E-state index in [9.17, 15) is 0 Å². The lowest BCUT2D eigenvalue weighted by atomic mass is 10.0. The summed E-state index contributed by atoms with van der Waals surface area (Å²) < 4.78 is 18.0. The van der Waals surface area contributed by atoms with Crippen LogP contribution in [-0.2, 0) is 9.47 Å². The van der Waals surface area contributed by atoms with Crippen LogP contribution in [0.1, 0.15) is 28.7 Å². The van der Waals surface area contributed by atoms with Gasteiger partial charge in [-0.25, -0.2) is 4.98 Å². The number of ether oxygens (including phenoxy) is 3. The third-order valence-corrected chi connectivity index (χ3v) is 5.45. The minimum Gasteiger partial charge on any atom is -0.497 e. The summed E-state index contributed by atoms with van der Waals surface area (Å²) in [4.78, 5) is 4.90. The molecule has 26 heavy (non-hydrogen) atoms. The molecule has 0 aliphatic carbocycles. The topological polar surface area (TPSA) is 40.6 Å². The molecule has 132 valence electrons. The highest BCUT2D eigenvalue weighted by Crippen LogP contribution is 2.44. The molecule has 4 nitrogen and oxygen atoms in total. The highest BCUT2D eigenvalue weighted by Gasteiger charge is 2.29. The van der Waals surface area contributed by atoms with Gasteiger partial charge >= 0.3 is 0 Å². The fraction of sp³-hybridized carbons (Fsp3) is 0.190. The summed E-state index contributed by atoms with van der Waals surface area (Å²) in [6.07, 6.45) is -0.488. The van der Waals surface area contributed by atoms with Crippen molar-refractivity contribution in [1.82, 2.24) is 4.98 Å². The van der Waals surface area contributed by atoms with Crippen LogP contribution in [0.3, 0.4) is 0 Å². The lowest BCUT2D eigenvalue weighted by molar-refractivity contribution is -0.0767. The van der Waals surface area contributed by atoms with Crippen molar-refractivity contribution in [2.75, 3.05) is 14.2 Å². The Hall–Kier alpha value is -2.12. The first kappa shape index (κ1) is 17.3. The van der Waals surface area contributed by atoms with Crippen LogP contribution in [0.25, 0.3) is 20.2 Å². The Balaban J connectivity index is 1.90. The minimum atomic E-state index is -0.488. The molecule has 0 amide bonds. The zero-order valence-corrected chi connectivity index (χ0v) is 16.9. The van der Waals surface area contributed by atoms with Crippen LogP contribution >= 0.6 is 22.6 Å². The van der Waals surface area contributed by atoms with Gasteiger partial charge in [0.15, 0.2) is 0 Å². The number of fused-ring (bicyclic) bond motifs is 2. The zero-order chi connectivity index (χ0) is 18.3. The molecule has 0 spiro atoms. The number of nitrogens with zero attached hydrogens (tertiary/aromatic N) is 1. The Morgan fingerprint density at radius 1 is 1.04 bits per heavy atom. The average Bonchev–Trinajstić information content (AvgIpc) is 2.67. The molecule has 0 fully saturated rings. The van der Waals surface area contributed by atoms with Gasteiger partial charge < -0.3 is 14.2 Å². The summed E-state index contributed by atoms with van der Waals surface area (Å²) in [7, 11) is 3.31. The third-order valence-electron chi connectivity index (χ3n) is 4.45. The van der Waals surface area contributed by atoms with Gasteiger partial charge in [0.2, 0.25) is 6.29 Å². The fourth-order valence-corrected chi connectivity index (χ4v) is 3.98. The van der Waals surface area contributed by atoms with Crippen LogP contribution in [-0.4, -0.2) is 19.2 Å². The number of methoxy groups -OCH3 is 2. The molecule has 1 aromatic heterocycles. The number of pyridine rings is 1. The molecule has 0 bridgehead atoms. The van der Waals surface area contributed by atoms with E-state index in [0.717, 1.165) is 42.8 Å². The molecular weight excluding hydrogens is 441 g/mol. The normalized spacial score (nSPS) is 16.4. The maximum atomic E-state index is 6.18. The van der Waals surface area contributed by atoms with Crippen molar-refractivity contribution in [3.8, 4) is 5.75 Å². The molecule has 1 aliphatic heterocycles. The Bertz CT molecular complexity index is 1010. The zero-order valence-electron chi connectivity index (χ0n) is 14.7. The molecule has 1 aliphatic rings. The Kier molecular flexibility index (Phi) is 4.58. The van der Waals surface area contributed by atoms with Gasteiger partial charge in [-0.1, -0.05) is 11.6 Å². The molecule has 0 saturated carbocycles. The molecule has 0 N–H and O–H groups in total. The fourth-order valence-electron chi connectivity index (χ4n) is 3.11. The van der Waals surface area contributed by atoms with Crippen LogP contribution in [0.4, 0.5) is 0 Å². The van der Waals surface area contributed by atoms with E-state index in [1.165, 1.54) is 5.56 Å². The molecule has 4 rings (SSSR count). The highest BCUT2D eigenvalue weighted by molar-refractivity contribution is 14.1. The summed E-state index contributed by atoms with van der Waals surface area (Å²) in [6, 6.07) is 16.2. The third kappa shape index (κ3) is 2.95. The SMILES string of the molecule is COc1ccc(C2=C(I)c3nc4ccc(C)cc4cc3C(OC)O2)cc1. The predicted octanol–water partition coefficient (Wildman–Crippen LogP) is 5.49. The van der Waals surface area contributed by atoms with Crippen molar-refractivity contribution < 1.29 is 14.2 Å². The number of hydrogen-bond donors (Lipinski definition) is 0. The quantitative estimate of drug-likeness (QED) is 0.486. The van der Waals surface area contributed by atoms with E-state index in [-0.39, 0.29) is 0 Å². The van der Waals surface area contributed by atoms with E-state index in [4.69, 9.17) is 19.2 Å². The van der Waals surface area contributed by atoms with E-state index < -0.39 is 6.29 Å². The van der Waals surface area contributed by atoms with E-state index in [1.807, 2.05) is 24.3 Å². The first-order valence-corrected chi connectivity index (χ1v) is 9.34. The summed E-state index contributed by atoms with van der Waals surface area (Å²) in [5.41, 5.74) is 5.00. The molecule has 2 aromatic carbocycles. The van der Waals surface area contributed by atoms with Crippen molar-refractivity contribution in [1.29, 1.82) is 0 Å². The number of rotatable bonds is 3. The highest BCUT2D eigenvalue weighted by atomic mass is 127. The summed E-state index contributed by atoms with van der Waals surface area (Å²) in [5.74, 6) is 1.58. The number of hydrogen-bond acceptors (Lipinski definition) is 4. The van der Waals surface area contributed by atoms with Crippen molar-refractivity contribution in [3.63, 3.8) is 0 Å². The maximum absolute atomic E-state index is 6.18. The average molecular weight is 459 g/mol. The van der Waals surface area contributed by atoms with Crippen LogP contribution in [0.2, 0.25) is 0 Å². The number of aryl methyl sites for hydroxylation is 1.